The number of aliphatic hydroxyl groups excluding tert-OH is 1. The Morgan fingerprint density at radius 2 is 2.29 bits per heavy atom. The second-order valence-corrected chi connectivity index (χ2v) is 3.97. The number of aliphatic hydroxyl groups is 1. The number of rotatable bonds is 3. The molecule has 0 aliphatic carbocycles. The highest BCUT2D eigenvalue weighted by Crippen LogP contribution is 2.24. The van der Waals surface area contributed by atoms with E-state index in [1.54, 1.807) is 0 Å². The van der Waals surface area contributed by atoms with Gasteiger partial charge in [0, 0.05) is 6.07 Å². The van der Waals surface area contributed by atoms with Crippen LogP contribution >= 0.6 is 15.9 Å². The molecule has 0 spiro atoms. The van der Waals surface area contributed by atoms with Crippen LogP contribution in [0.4, 0.5) is 4.39 Å². The van der Waals surface area contributed by atoms with Crippen molar-refractivity contribution in [2.24, 2.45) is 0 Å². The van der Waals surface area contributed by atoms with Crippen LogP contribution in [-0.4, -0.2) is 27.2 Å². The van der Waals surface area contributed by atoms with Gasteiger partial charge in [-0.05, 0) is 28.1 Å². The van der Waals surface area contributed by atoms with E-state index in [1.165, 1.54) is 30.0 Å². The summed E-state index contributed by atoms with van der Waals surface area (Å²) in [6.07, 6.45) is 0. The fourth-order valence-corrected chi connectivity index (χ4v) is 1.80. The highest BCUT2D eigenvalue weighted by Gasteiger charge is 2.14. The number of benzene rings is 1. The number of ether oxygens (including phenoxy) is 1. The molecule has 1 aromatic heterocycles. The molecular weight excluding hydrogens is 293 g/mol. The van der Waals surface area contributed by atoms with Gasteiger partial charge < -0.3 is 9.84 Å². The maximum absolute atomic E-state index is 13.7. The quantitative estimate of drug-likeness (QED) is 0.937. The SMILES string of the molecule is COc1ccc(F)c(-n2nnc(CO)c2Br)c1. The van der Waals surface area contributed by atoms with Gasteiger partial charge in [-0.25, -0.2) is 9.07 Å². The summed E-state index contributed by atoms with van der Waals surface area (Å²) < 4.78 is 20.3. The van der Waals surface area contributed by atoms with E-state index >= 15 is 0 Å². The summed E-state index contributed by atoms with van der Waals surface area (Å²) in [4.78, 5) is 0. The largest absolute Gasteiger partial charge is 0.497 e. The first-order valence-corrected chi connectivity index (χ1v) is 5.51. The Bertz CT molecular complexity index is 544. The predicted octanol–water partition coefficient (Wildman–Crippen LogP) is 1.67. The van der Waals surface area contributed by atoms with Crippen LogP contribution in [0.5, 0.6) is 5.75 Å². The minimum absolute atomic E-state index is 0.198. The second-order valence-electron chi connectivity index (χ2n) is 3.21. The van der Waals surface area contributed by atoms with E-state index in [-0.39, 0.29) is 12.3 Å². The van der Waals surface area contributed by atoms with E-state index in [0.717, 1.165) is 0 Å². The molecule has 0 aliphatic rings. The van der Waals surface area contributed by atoms with E-state index in [1.807, 2.05) is 0 Å². The molecule has 1 heterocycles. The first-order chi connectivity index (χ1) is 8.17. The van der Waals surface area contributed by atoms with Crippen molar-refractivity contribution in [3.8, 4) is 11.4 Å². The Morgan fingerprint density at radius 3 is 2.88 bits per heavy atom. The van der Waals surface area contributed by atoms with E-state index in [4.69, 9.17) is 9.84 Å². The summed E-state index contributed by atoms with van der Waals surface area (Å²) in [5, 5.41) is 16.5. The van der Waals surface area contributed by atoms with Gasteiger partial charge in [-0.3, -0.25) is 0 Å². The monoisotopic (exact) mass is 301 g/mol. The number of nitrogens with zero attached hydrogens (tertiary/aromatic N) is 3. The van der Waals surface area contributed by atoms with E-state index in [0.29, 0.717) is 16.0 Å². The van der Waals surface area contributed by atoms with Crippen molar-refractivity contribution in [1.29, 1.82) is 0 Å². The fourth-order valence-electron chi connectivity index (χ4n) is 1.33. The maximum Gasteiger partial charge on any atom is 0.149 e. The molecule has 0 amide bonds. The van der Waals surface area contributed by atoms with Crippen molar-refractivity contribution < 1.29 is 14.2 Å². The van der Waals surface area contributed by atoms with Gasteiger partial charge in [0.15, 0.2) is 0 Å². The third kappa shape index (κ3) is 2.16. The average Bonchev–Trinajstić information content (AvgIpc) is 2.71. The predicted molar refractivity (Wildman–Crippen MR) is 61.5 cm³/mol. The third-order valence-electron chi connectivity index (χ3n) is 2.21. The zero-order valence-electron chi connectivity index (χ0n) is 8.89. The first kappa shape index (κ1) is 12.0. The maximum atomic E-state index is 13.7. The van der Waals surface area contributed by atoms with Gasteiger partial charge in [0.1, 0.15) is 27.6 Å². The zero-order chi connectivity index (χ0) is 12.4. The molecule has 0 saturated heterocycles. The molecular formula is C10H9BrFN3O2. The van der Waals surface area contributed by atoms with Crippen LogP contribution < -0.4 is 4.74 Å². The lowest BCUT2D eigenvalue weighted by Crippen LogP contribution is -2.01. The van der Waals surface area contributed by atoms with Gasteiger partial charge in [0.25, 0.3) is 0 Å². The van der Waals surface area contributed by atoms with Crippen molar-refractivity contribution in [1.82, 2.24) is 15.0 Å². The number of halogens is 2. The van der Waals surface area contributed by atoms with Gasteiger partial charge in [-0.15, -0.1) is 5.10 Å². The zero-order valence-corrected chi connectivity index (χ0v) is 10.5. The smallest absolute Gasteiger partial charge is 0.149 e. The lowest BCUT2D eigenvalue weighted by Gasteiger charge is -2.06. The summed E-state index contributed by atoms with van der Waals surface area (Å²) in [6, 6.07) is 4.29. The van der Waals surface area contributed by atoms with Crippen LogP contribution in [0.25, 0.3) is 5.69 Å². The van der Waals surface area contributed by atoms with Crippen LogP contribution in [0.3, 0.4) is 0 Å². The Morgan fingerprint density at radius 1 is 1.53 bits per heavy atom. The molecule has 0 fully saturated rings. The number of aromatic nitrogens is 3. The molecule has 17 heavy (non-hydrogen) atoms. The number of methoxy groups -OCH3 is 1. The summed E-state index contributed by atoms with van der Waals surface area (Å²) in [7, 11) is 1.49. The van der Waals surface area contributed by atoms with Crippen LogP contribution in [0, 0.1) is 5.82 Å². The van der Waals surface area contributed by atoms with Crippen molar-refractivity contribution in [3.63, 3.8) is 0 Å². The van der Waals surface area contributed by atoms with Crippen molar-refractivity contribution in [2.75, 3.05) is 7.11 Å². The highest BCUT2D eigenvalue weighted by atomic mass is 79.9. The lowest BCUT2D eigenvalue weighted by atomic mass is 10.3. The van der Waals surface area contributed by atoms with Gasteiger partial charge in [-0.1, -0.05) is 5.21 Å². The van der Waals surface area contributed by atoms with Gasteiger partial charge in [0.05, 0.1) is 13.7 Å². The minimum atomic E-state index is -0.458. The second kappa shape index (κ2) is 4.80. The molecule has 0 unspecified atom stereocenters. The van der Waals surface area contributed by atoms with Crippen LogP contribution in [0.1, 0.15) is 5.69 Å². The molecule has 0 radical (unpaired) electrons. The first-order valence-electron chi connectivity index (χ1n) is 4.72. The van der Waals surface area contributed by atoms with Crippen LogP contribution in [-0.2, 0) is 6.61 Å². The summed E-state index contributed by atoms with van der Waals surface area (Å²) in [5.74, 6) is 0.0511. The molecule has 0 bridgehead atoms. The Balaban J connectivity index is 2.55. The van der Waals surface area contributed by atoms with Gasteiger partial charge in [0.2, 0.25) is 0 Å². The molecule has 90 valence electrons. The van der Waals surface area contributed by atoms with Crippen LogP contribution in [0.2, 0.25) is 0 Å². The summed E-state index contributed by atoms with van der Waals surface area (Å²) >= 11 is 3.20. The normalized spacial score (nSPS) is 10.6. The number of hydrogen-bond donors (Lipinski definition) is 1. The Hall–Kier alpha value is -1.47. The van der Waals surface area contributed by atoms with Crippen molar-refractivity contribution in [2.45, 2.75) is 6.61 Å². The molecule has 7 heteroatoms. The molecule has 2 aromatic rings. The lowest BCUT2D eigenvalue weighted by molar-refractivity contribution is 0.276. The summed E-state index contributed by atoms with van der Waals surface area (Å²) in [6.45, 7) is -0.272. The standard InChI is InChI=1S/C10H9BrFN3O2/c1-17-6-2-3-7(12)9(4-6)15-10(11)8(5-16)13-14-15/h2-4,16H,5H2,1H3. The number of hydrogen-bond acceptors (Lipinski definition) is 4. The third-order valence-corrected chi connectivity index (χ3v) is 3.00. The summed E-state index contributed by atoms with van der Waals surface area (Å²) in [5.41, 5.74) is 0.538. The van der Waals surface area contributed by atoms with E-state index < -0.39 is 5.82 Å². The van der Waals surface area contributed by atoms with E-state index in [2.05, 4.69) is 26.2 Å². The molecule has 1 aromatic carbocycles. The average molecular weight is 302 g/mol. The van der Waals surface area contributed by atoms with Gasteiger partial charge in [-0.2, -0.15) is 0 Å². The topological polar surface area (TPSA) is 60.2 Å². The highest BCUT2D eigenvalue weighted by molar-refractivity contribution is 9.10. The van der Waals surface area contributed by atoms with E-state index in [9.17, 15) is 4.39 Å². The van der Waals surface area contributed by atoms with Crippen LogP contribution in [0.15, 0.2) is 22.8 Å². The molecule has 0 saturated carbocycles. The molecule has 0 atom stereocenters. The van der Waals surface area contributed by atoms with Crippen molar-refractivity contribution >= 4 is 15.9 Å². The minimum Gasteiger partial charge on any atom is -0.497 e. The molecule has 1 N–H and O–H groups in total. The Kier molecular flexibility index (Phi) is 3.39. The Labute approximate surface area is 105 Å². The molecule has 5 nitrogen and oxygen atoms in total. The molecule has 2 rings (SSSR count). The van der Waals surface area contributed by atoms with Crippen molar-refractivity contribution in [3.05, 3.63) is 34.3 Å². The molecule has 0 aliphatic heterocycles. The fraction of sp³-hybridized carbons (Fsp3) is 0.200. The van der Waals surface area contributed by atoms with Gasteiger partial charge >= 0.3 is 0 Å².